The first kappa shape index (κ1) is 11.7. The number of carbonyl (C=O) groups excluding carboxylic acids is 1. The molecule has 1 amide bonds. The maximum absolute atomic E-state index is 12.6. The molecule has 0 N–H and O–H groups in total. The summed E-state index contributed by atoms with van der Waals surface area (Å²) >= 11 is 0. The fraction of sp³-hybridized carbons (Fsp3) is 0.375. The normalized spacial score (nSPS) is 18.2. The van der Waals surface area contributed by atoms with Crippen molar-refractivity contribution in [2.75, 3.05) is 11.6 Å². The highest BCUT2D eigenvalue weighted by Gasteiger charge is 2.29. The number of benzene rings is 1. The van der Waals surface area contributed by atoms with Crippen LogP contribution in [0.3, 0.4) is 0 Å². The molecule has 0 saturated heterocycles. The third-order valence-electron chi connectivity index (χ3n) is 4.18. The van der Waals surface area contributed by atoms with Crippen molar-refractivity contribution in [3.63, 3.8) is 0 Å². The van der Waals surface area contributed by atoms with Gasteiger partial charge in [0, 0.05) is 18.0 Å². The van der Waals surface area contributed by atoms with Crippen LogP contribution in [0.15, 0.2) is 30.7 Å². The number of aryl methyl sites for hydroxylation is 1. The number of fused-ring (bicyclic) bond motifs is 1. The molecule has 1 aliphatic carbocycles. The van der Waals surface area contributed by atoms with Gasteiger partial charge in [-0.2, -0.15) is 0 Å². The molecular weight excluding hydrogens is 250 g/mol. The van der Waals surface area contributed by atoms with Crippen LogP contribution in [0.5, 0.6) is 0 Å². The molecule has 102 valence electrons. The van der Waals surface area contributed by atoms with E-state index in [0.717, 1.165) is 29.8 Å². The molecule has 1 aromatic carbocycles. The van der Waals surface area contributed by atoms with Crippen LogP contribution < -0.4 is 5.01 Å². The van der Waals surface area contributed by atoms with Crippen molar-refractivity contribution >= 4 is 5.91 Å². The Balaban J connectivity index is 1.66. The number of hydrogen-bond acceptors (Lipinski definition) is 2. The first-order valence-corrected chi connectivity index (χ1v) is 7.18. The summed E-state index contributed by atoms with van der Waals surface area (Å²) < 4.78 is 1.86. The molecule has 0 bridgehead atoms. The van der Waals surface area contributed by atoms with Gasteiger partial charge in [0.15, 0.2) is 0 Å². The number of imidazole rings is 1. The van der Waals surface area contributed by atoms with E-state index in [0.29, 0.717) is 5.92 Å². The third kappa shape index (κ3) is 1.83. The van der Waals surface area contributed by atoms with Gasteiger partial charge in [-0.3, -0.25) is 4.79 Å². The zero-order chi connectivity index (χ0) is 13.7. The first-order valence-electron chi connectivity index (χ1n) is 7.18. The fourth-order valence-electron chi connectivity index (χ4n) is 2.88. The van der Waals surface area contributed by atoms with E-state index in [9.17, 15) is 4.79 Å². The van der Waals surface area contributed by atoms with Crippen molar-refractivity contribution < 1.29 is 4.79 Å². The Morgan fingerprint density at radius 3 is 2.95 bits per heavy atom. The van der Waals surface area contributed by atoms with E-state index in [1.54, 1.807) is 11.3 Å². The van der Waals surface area contributed by atoms with Crippen LogP contribution in [0.2, 0.25) is 0 Å². The van der Waals surface area contributed by atoms with Gasteiger partial charge >= 0.3 is 0 Å². The summed E-state index contributed by atoms with van der Waals surface area (Å²) in [5.41, 5.74) is 4.31. The van der Waals surface area contributed by atoms with E-state index in [1.807, 2.05) is 23.0 Å². The molecule has 1 aromatic heterocycles. The molecule has 0 radical (unpaired) electrons. The van der Waals surface area contributed by atoms with Gasteiger partial charge in [-0.15, -0.1) is 0 Å². The summed E-state index contributed by atoms with van der Waals surface area (Å²) in [6.07, 6.45) is 7.14. The quantitative estimate of drug-likeness (QED) is 0.838. The van der Waals surface area contributed by atoms with Gasteiger partial charge in [0.2, 0.25) is 0 Å². The molecule has 1 saturated carbocycles. The van der Waals surface area contributed by atoms with Gasteiger partial charge < -0.3 is 0 Å². The lowest BCUT2D eigenvalue weighted by atomic mass is 9.98. The lowest BCUT2D eigenvalue weighted by Crippen LogP contribution is -2.44. The number of hydrogen-bond donors (Lipinski definition) is 0. The number of carbonyl (C=O) groups is 1. The maximum Gasteiger partial charge on any atom is 0.273 e. The number of amides is 1. The Kier molecular flexibility index (Phi) is 2.46. The fourth-order valence-corrected chi connectivity index (χ4v) is 2.88. The van der Waals surface area contributed by atoms with Crippen molar-refractivity contribution in [3.05, 3.63) is 53.1 Å². The zero-order valence-corrected chi connectivity index (χ0v) is 11.5. The molecule has 2 aromatic rings. The summed E-state index contributed by atoms with van der Waals surface area (Å²) in [4.78, 5) is 17.0. The summed E-state index contributed by atoms with van der Waals surface area (Å²) in [6, 6.07) is 6.07. The second kappa shape index (κ2) is 4.20. The van der Waals surface area contributed by atoms with Crippen LogP contribution in [0.25, 0.3) is 0 Å². The highest BCUT2D eigenvalue weighted by molar-refractivity contribution is 6.03. The third-order valence-corrected chi connectivity index (χ3v) is 4.18. The number of aromatic nitrogens is 2. The van der Waals surface area contributed by atoms with Gasteiger partial charge in [-0.05, 0) is 37.8 Å². The summed E-state index contributed by atoms with van der Waals surface area (Å²) in [5, 5.41) is 1.79. The van der Waals surface area contributed by atoms with Gasteiger partial charge in [-0.25, -0.2) is 14.7 Å². The van der Waals surface area contributed by atoms with Gasteiger partial charge in [-0.1, -0.05) is 17.7 Å². The van der Waals surface area contributed by atoms with E-state index in [2.05, 4.69) is 18.0 Å². The van der Waals surface area contributed by atoms with Crippen LogP contribution in [-0.2, 0) is 6.42 Å². The van der Waals surface area contributed by atoms with Crippen LogP contribution in [0.1, 0.15) is 45.9 Å². The molecule has 4 heteroatoms. The molecule has 4 nitrogen and oxygen atoms in total. The maximum atomic E-state index is 12.6. The SMILES string of the molecule is Cc1ccc2c(c1)CCN(n1cnc(C3CC3)c1)C2=O. The Morgan fingerprint density at radius 1 is 1.30 bits per heavy atom. The average Bonchev–Trinajstić information content (AvgIpc) is 3.18. The second-order valence-corrected chi connectivity index (χ2v) is 5.79. The molecule has 0 atom stereocenters. The molecule has 20 heavy (non-hydrogen) atoms. The summed E-state index contributed by atoms with van der Waals surface area (Å²) in [7, 11) is 0. The number of rotatable bonds is 2. The van der Waals surface area contributed by atoms with Crippen LogP contribution in [-0.4, -0.2) is 22.1 Å². The van der Waals surface area contributed by atoms with Crippen LogP contribution >= 0.6 is 0 Å². The molecule has 1 aliphatic heterocycles. The Morgan fingerprint density at radius 2 is 2.15 bits per heavy atom. The van der Waals surface area contributed by atoms with Crippen LogP contribution in [0.4, 0.5) is 0 Å². The smallest absolute Gasteiger partial charge is 0.267 e. The molecule has 2 heterocycles. The van der Waals surface area contributed by atoms with Gasteiger partial charge in [0.1, 0.15) is 6.33 Å². The van der Waals surface area contributed by atoms with E-state index in [1.165, 1.54) is 18.4 Å². The lowest BCUT2D eigenvalue weighted by Gasteiger charge is -2.29. The minimum atomic E-state index is 0.0750. The molecule has 1 fully saturated rings. The highest BCUT2D eigenvalue weighted by atomic mass is 16.2. The van der Waals surface area contributed by atoms with Crippen molar-refractivity contribution in [2.45, 2.75) is 32.1 Å². The highest BCUT2D eigenvalue weighted by Crippen LogP contribution is 2.38. The molecule has 2 aliphatic rings. The van der Waals surface area contributed by atoms with Crippen molar-refractivity contribution in [1.29, 1.82) is 0 Å². The van der Waals surface area contributed by atoms with Gasteiger partial charge in [0.25, 0.3) is 5.91 Å². The second-order valence-electron chi connectivity index (χ2n) is 5.79. The standard InChI is InChI=1S/C16H17N3O/c1-11-2-5-14-13(8-11)6-7-19(16(14)20)18-9-15(17-10-18)12-3-4-12/h2,5,8-10,12H,3-4,6-7H2,1H3. The summed E-state index contributed by atoms with van der Waals surface area (Å²) in [5.74, 6) is 0.692. The lowest BCUT2D eigenvalue weighted by molar-refractivity contribution is 0.0951. The van der Waals surface area contributed by atoms with Gasteiger partial charge in [0.05, 0.1) is 11.9 Å². The topological polar surface area (TPSA) is 38.1 Å². The van der Waals surface area contributed by atoms with E-state index in [-0.39, 0.29) is 5.91 Å². The molecule has 0 unspecified atom stereocenters. The predicted octanol–water partition coefficient (Wildman–Crippen LogP) is 2.40. The molecule has 4 rings (SSSR count). The van der Waals surface area contributed by atoms with E-state index < -0.39 is 0 Å². The van der Waals surface area contributed by atoms with E-state index >= 15 is 0 Å². The monoisotopic (exact) mass is 267 g/mol. The molecular formula is C16H17N3O. The Bertz CT molecular complexity index is 685. The number of nitrogens with zero attached hydrogens (tertiary/aromatic N) is 3. The largest absolute Gasteiger partial charge is 0.273 e. The molecule has 0 spiro atoms. The van der Waals surface area contributed by atoms with Crippen LogP contribution in [0, 0.1) is 6.92 Å². The zero-order valence-electron chi connectivity index (χ0n) is 11.5. The Labute approximate surface area is 118 Å². The van der Waals surface area contributed by atoms with E-state index in [4.69, 9.17) is 0 Å². The van der Waals surface area contributed by atoms with Crippen molar-refractivity contribution in [3.8, 4) is 0 Å². The van der Waals surface area contributed by atoms with Crippen molar-refractivity contribution in [1.82, 2.24) is 9.66 Å². The first-order chi connectivity index (χ1) is 9.72. The average molecular weight is 267 g/mol. The summed E-state index contributed by atoms with van der Waals surface area (Å²) in [6.45, 7) is 2.78. The van der Waals surface area contributed by atoms with Crippen molar-refractivity contribution in [2.24, 2.45) is 0 Å². The predicted molar refractivity (Wildman–Crippen MR) is 76.5 cm³/mol. The Hall–Kier alpha value is -2.10. The minimum Gasteiger partial charge on any atom is -0.267 e. The minimum absolute atomic E-state index is 0.0750.